The first-order valence-corrected chi connectivity index (χ1v) is 6.14. The summed E-state index contributed by atoms with van der Waals surface area (Å²) in [5, 5.41) is 19.7. The molecular formula is C10H11ClN4O4. The molecule has 8 nitrogen and oxygen atoms in total. The molecule has 0 bridgehead atoms. The first-order chi connectivity index (χ1) is 9.13. The molecule has 0 spiro atoms. The van der Waals surface area contributed by atoms with Crippen molar-refractivity contribution in [3.63, 3.8) is 0 Å². The highest BCUT2D eigenvalue weighted by molar-refractivity contribution is 6.18. The van der Waals surface area contributed by atoms with Crippen molar-refractivity contribution in [2.75, 3.05) is 5.88 Å². The lowest BCUT2D eigenvalue weighted by atomic mass is 10.1. The Balaban J connectivity index is 2.06. The summed E-state index contributed by atoms with van der Waals surface area (Å²) in [5.74, 6) is 0.0510. The van der Waals surface area contributed by atoms with Gasteiger partial charge in [0.05, 0.1) is 18.5 Å². The SMILES string of the molecule is O=c1[nH]cnc2c1ncn2[C@@H]1O[C@H](CCl)[C@H](O)[C@@H]1O. The smallest absolute Gasteiger partial charge is 0.278 e. The molecule has 19 heavy (non-hydrogen) atoms. The van der Waals surface area contributed by atoms with Crippen LogP contribution < -0.4 is 5.56 Å². The van der Waals surface area contributed by atoms with Crippen molar-refractivity contribution in [1.29, 1.82) is 0 Å². The van der Waals surface area contributed by atoms with Gasteiger partial charge in [0.2, 0.25) is 0 Å². The van der Waals surface area contributed by atoms with E-state index >= 15 is 0 Å². The van der Waals surface area contributed by atoms with Crippen LogP contribution in [0.25, 0.3) is 11.2 Å². The molecule has 1 fully saturated rings. The first-order valence-electron chi connectivity index (χ1n) is 5.61. The van der Waals surface area contributed by atoms with Gasteiger partial charge in [-0.1, -0.05) is 0 Å². The number of nitrogens with one attached hydrogen (secondary N) is 1. The second kappa shape index (κ2) is 4.57. The molecule has 3 rings (SSSR count). The maximum atomic E-state index is 11.5. The lowest BCUT2D eigenvalue weighted by molar-refractivity contribution is -0.0291. The van der Waals surface area contributed by atoms with Gasteiger partial charge in [0.15, 0.2) is 17.4 Å². The van der Waals surface area contributed by atoms with E-state index in [9.17, 15) is 15.0 Å². The molecule has 0 aromatic carbocycles. The summed E-state index contributed by atoms with van der Waals surface area (Å²) in [6, 6.07) is 0. The Morgan fingerprint density at radius 3 is 2.89 bits per heavy atom. The number of nitrogens with zero attached hydrogens (tertiary/aromatic N) is 3. The predicted molar refractivity (Wildman–Crippen MR) is 64.8 cm³/mol. The zero-order valence-electron chi connectivity index (χ0n) is 9.60. The Labute approximate surface area is 111 Å². The molecule has 1 aliphatic rings. The summed E-state index contributed by atoms with van der Waals surface area (Å²) in [4.78, 5) is 21.9. The minimum atomic E-state index is -1.16. The van der Waals surface area contributed by atoms with Crippen LogP contribution in [0.2, 0.25) is 0 Å². The number of rotatable bonds is 2. The minimum Gasteiger partial charge on any atom is -0.387 e. The highest BCUT2D eigenvalue weighted by Gasteiger charge is 2.43. The van der Waals surface area contributed by atoms with Crippen molar-refractivity contribution in [3.8, 4) is 0 Å². The Hall–Kier alpha value is -1.48. The Bertz CT molecular complexity index is 656. The molecule has 3 heterocycles. The fraction of sp³-hybridized carbons (Fsp3) is 0.500. The average Bonchev–Trinajstić information content (AvgIpc) is 2.94. The maximum Gasteiger partial charge on any atom is 0.278 e. The van der Waals surface area contributed by atoms with Gasteiger partial charge >= 0.3 is 0 Å². The third-order valence-corrected chi connectivity index (χ3v) is 3.43. The van der Waals surface area contributed by atoms with Gasteiger partial charge in [0.1, 0.15) is 18.3 Å². The van der Waals surface area contributed by atoms with E-state index < -0.39 is 24.5 Å². The average molecular weight is 287 g/mol. The van der Waals surface area contributed by atoms with Crippen molar-refractivity contribution in [2.45, 2.75) is 24.5 Å². The van der Waals surface area contributed by atoms with Gasteiger partial charge in [-0.2, -0.15) is 0 Å². The molecule has 4 atom stereocenters. The maximum absolute atomic E-state index is 11.5. The van der Waals surface area contributed by atoms with Crippen LogP contribution in [0.3, 0.4) is 0 Å². The number of hydrogen-bond donors (Lipinski definition) is 3. The number of hydrogen-bond acceptors (Lipinski definition) is 6. The van der Waals surface area contributed by atoms with Crippen LogP contribution >= 0.6 is 11.6 Å². The van der Waals surface area contributed by atoms with Gasteiger partial charge in [-0.05, 0) is 0 Å². The van der Waals surface area contributed by atoms with Gasteiger partial charge in [-0.15, -0.1) is 11.6 Å². The standard InChI is InChI=1S/C10H11ClN4O4/c11-1-4-6(16)7(17)10(19-4)15-3-14-5-8(15)12-2-13-9(5)18/h2-4,6-7,10,16-17H,1H2,(H,12,13,18)/t4-,6+,7+,10-/m1/s1. The topological polar surface area (TPSA) is 113 Å². The second-order valence-electron chi connectivity index (χ2n) is 4.26. The Morgan fingerprint density at radius 1 is 1.42 bits per heavy atom. The van der Waals surface area contributed by atoms with Crippen LogP contribution in [-0.4, -0.2) is 53.9 Å². The third-order valence-electron chi connectivity index (χ3n) is 3.13. The molecule has 0 radical (unpaired) electrons. The second-order valence-corrected chi connectivity index (χ2v) is 4.56. The zero-order chi connectivity index (χ0) is 13.6. The number of aliphatic hydroxyl groups is 2. The summed E-state index contributed by atoms with van der Waals surface area (Å²) >= 11 is 5.65. The van der Waals surface area contributed by atoms with Crippen LogP contribution in [0.4, 0.5) is 0 Å². The highest BCUT2D eigenvalue weighted by atomic mass is 35.5. The van der Waals surface area contributed by atoms with Crippen LogP contribution in [0, 0.1) is 0 Å². The fourth-order valence-electron chi connectivity index (χ4n) is 2.14. The number of alkyl halides is 1. The number of halogens is 1. The molecular weight excluding hydrogens is 276 g/mol. The van der Waals surface area contributed by atoms with E-state index in [2.05, 4.69) is 15.0 Å². The van der Waals surface area contributed by atoms with Crippen LogP contribution in [-0.2, 0) is 4.74 Å². The number of H-pyrrole nitrogens is 1. The van der Waals surface area contributed by atoms with E-state index in [0.717, 1.165) is 0 Å². The highest BCUT2D eigenvalue weighted by Crippen LogP contribution is 2.31. The van der Waals surface area contributed by atoms with Crippen molar-refractivity contribution >= 4 is 22.8 Å². The largest absolute Gasteiger partial charge is 0.387 e. The molecule has 9 heteroatoms. The van der Waals surface area contributed by atoms with Crippen molar-refractivity contribution < 1.29 is 14.9 Å². The van der Waals surface area contributed by atoms with Crippen molar-refractivity contribution in [1.82, 2.24) is 19.5 Å². The number of aliphatic hydroxyl groups excluding tert-OH is 2. The molecule has 0 unspecified atom stereocenters. The third kappa shape index (κ3) is 1.84. The van der Waals surface area contributed by atoms with E-state index in [0.29, 0.717) is 0 Å². The van der Waals surface area contributed by atoms with E-state index in [1.807, 2.05) is 0 Å². The quantitative estimate of drug-likeness (QED) is 0.609. The molecule has 1 aliphatic heterocycles. The summed E-state index contributed by atoms with van der Waals surface area (Å²) in [7, 11) is 0. The van der Waals surface area contributed by atoms with E-state index in [1.54, 1.807) is 0 Å². The molecule has 2 aromatic heterocycles. The van der Waals surface area contributed by atoms with Gasteiger partial charge in [-0.3, -0.25) is 9.36 Å². The van der Waals surface area contributed by atoms with Crippen molar-refractivity contribution in [2.24, 2.45) is 0 Å². The lowest BCUT2D eigenvalue weighted by Gasteiger charge is -2.16. The van der Waals surface area contributed by atoms with Gasteiger partial charge < -0.3 is 19.9 Å². The lowest BCUT2D eigenvalue weighted by Crippen LogP contribution is -2.32. The molecule has 0 aliphatic carbocycles. The summed E-state index contributed by atoms with van der Waals surface area (Å²) in [6.07, 6.45) is -1.24. The van der Waals surface area contributed by atoms with E-state index in [4.69, 9.17) is 16.3 Å². The monoisotopic (exact) mass is 286 g/mol. The molecule has 2 aromatic rings. The molecule has 3 N–H and O–H groups in total. The number of ether oxygens (including phenoxy) is 1. The number of fused-ring (bicyclic) bond motifs is 1. The zero-order valence-corrected chi connectivity index (χ0v) is 10.4. The Morgan fingerprint density at radius 2 is 2.21 bits per heavy atom. The van der Waals surface area contributed by atoms with E-state index in [1.165, 1.54) is 17.2 Å². The Kier molecular flexibility index (Phi) is 3.02. The first kappa shape index (κ1) is 12.5. The number of imidazole rings is 1. The normalized spacial score (nSPS) is 31.1. The van der Waals surface area contributed by atoms with Crippen LogP contribution in [0.5, 0.6) is 0 Å². The molecule has 0 amide bonds. The summed E-state index contributed by atoms with van der Waals surface area (Å²) in [6.45, 7) is 0. The van der Waals surface area contributed by atoms with Gasteiger partial charge in [0.25, 0.3) is 5.56 Å². The van der Waals surface area contributed by atoms with Gasteiger partial charge in [-0.25, -0.2) is 9.97 Å². The minimum absolute atomic E-state index is 0.0510. The number of aromatic nitrogens is 4. The predicted octanol–water partition coefficient (Wildman–Crippen LogP) is -1.02. The molecule has 102 valence electrons. The van der Waals surface area contributed by atoms with Crippen LogP contribution in [0.15, 0.2) is 17.4 Å². The number of aromatic amines is 1. The summed E-state index contributed by atoms with van der Waals surface area (Å²) in [5.41, 5.74) is 0.0306. The molecule has 0 saturated carbocycles. The molecule has 1 saturated heterocycles. The van der Waals surface area contributed by atoms with E-state index in [-0.39, 0.29) is 22.6 Å². The summed E-state index contributed by atoms with van der Waals surface area (Å²) < 4.78 is 6.87. The van der Waals surface area contributed by atoms with Gasteiger partial charge in [0, 0.05) is 0 Å². The van der Waals surface area contributed by atoms with Crippen molar-refractivity contribution in [3.05, 3.63) is 23.0 Å². The fourth-order valence-corrected chi connectivity index (χ4v) is 2.39. The van der Waals surface area contributed by atoms with Crippen LogP contribution in [0.1, 0.15) is 6.23 Å².